The largest absolute Gasteiger partial charge is 0.333 e. The highest BCUT2D eigenvalue weighted by Crippen LogP contribution is 2.35. The predicted octanol–water partition coefficient (Wildman–Crippen LogP) is 0.970. The van der Waals surface area contributed by atoms with Gasteiger partial charge in [0.1, 0.15) is 0 Å². The van der Waals surface area contributed by atoms with E-state index < -0.39 is 0 Å². The Morgan fingerprint density at radius 2 is 2.41 bits per heavy atom. The zero-order chi connectivity index (χ0) is 11.9. The molecule has 17 heavy (non-hydrogen) atoms. The molecule has 1 saturated heterocycles. The Bertz CT molecular complexity index is 398. The minimum Gasteiger partial charge on any atom is -0.333 e. The number of aromatic nitrogens is 2. The van der Waals surface area contributed by atoms with E-state index in [0.29, 0.717) is 0 Å². The maximum atomic E-state index is 4.61. The van der Waals surface area contributed by atoms with Gasteiger partial charge in [0.2, 0.25) is 0 Å². The number of hydrogen-bond donors (Lipinski definition) is 1. The molecule has 0 aromatic carbocycles. The van der Waals surface area contributed by atoms with Crippen LogP contribution < -0.4 is 5.32 Å². The smallest absolute Gasteiger partial charge is 0.0952 e. The molecule has 0 saturated carbocycles. The summed E-state index contributed by atoms with van der Waals surface area (Å²) in [5.41, 5.74) is 2.94. The minimum atomic E-state index is 0.160. The second-order valence-electron chi connectivity index (χ2n) is 5.43. The van der Waals surface area contributed by atoms with Crippen LogP contribution in [0.1, 0.15) is 31.2 Å². The van der Waals surface area contributed by atoms with Crippen molar-refractivity contribution >= 4 is 0 Å². The van der Waals surface area contributed by atoms with Gasteiger partial charge in [-0.25, -0.2) is 4.98 Å². The Morgan fingerprint density at radius 3 is 3.18 bits per heavy atom. The van der Waals surface area contributed by atoms with Crippen LogP contribution in [0.4, 0.5) is 0 Å². The highest BCUT2D eigenvalue weighted by atomic mass is 15.2. The van der Waals surface area contributed by atoms with Crippen molar-refractivity contribution < 1.29 is 0 Å². The molecule has 1 aromatic heterocycles. The zero-order valence-corrected chi connectivity index (χ0v) is 10.9. The number of likely N-dealkylation sites (N-methyl/N-ethyl adjacent to an activating group) is 1. The number of fused-ring (bicyclic) bond motifs is 2. The molecule has 0 radical (unpaired) electrons. The lowest BCUT2D eigenvalue weighted by Gasteiger charge is -2.45. The van der Waals surface area contributed by atoms with Gasteiger partial charge in [-0.2, -0.15) is 0 Å². The minimum absolute atomic E-state index is 0.160. The summed E-state index contributed by atoms with van der Waals surface area (Å²) in [7, 11) is 2.23. The van der Waals surface area contributed by atoms with E-state index in [1.165, 1.54) is 30.8 Å². The van der Waals surface area contributed by atoms with Crippen LogP contribution in [0.5, 0.6) is 0 Å². The first-order valence-corrected chi connectivity index (χ1v) is 6.73. The highest BCUT2D eigenvalue weighted by Gasteiger charge is 2.41. The first-order chi connectivity index (χ1) is 8.25. The Kier molecular flexibility index (Phi) is 2.71. The van der Waals surface area contributed by atoms with Crippen LogP contribution in [0, 0.1) is 0 Å². The first kappa shape index (κ1) is 11.2. The van der Waals surface area contributed by atoms with E-state index in [0.717, 1.165) is 26.1 Å². The fourth-order valence-electron chi connectivity index (χ4n) is 3.51. The molecule has 3 heterocycles. The molecular weight excluding hydrogens is 212 g/mol. The molecule has 1 atom stereocenters. The summed E-state index contributed by atoms with van der Waals surface area (Å²) in [6, 6.07) is 0. The summed E-state index contributed by atoms with van der Waals surface area (Å²) in [5.74, 6) is 0. The van der Waals surface area contributed by atoms with Gasteiger partial charge in [-0.1, -0.05) is 0 Å². The van der Waals surface area contributed by atoms with Crippen molar-refractivity contribution in [2.24, 2.45) is 0 Å². The lowest BCUT2D eigenvalue weighted by Crippen LogP contribution is -2.57. The number of nitrogens with one attached hydrogen (secondary N) is 1. The van der Waals surface area contributed by atoms with Crippen molar-refractivity contribution in [3.8, 4) is 0 Å². The van der Waals surface area contributed by atoms with Gasteiger partial charge in [0.25, 0.3) is 0 Å². The van der Waals surface area contributed by atoms with Gasteiger partial charge in [-0.15, -0.1) is 0 Å². The first-order valence-electron chi connectivity index (χ1n) is 6.73. The summed E-state index contributed by atoms with van der Waals surface area (Å²) in [4.78, 5) is 7.05. The van der Waals surface area contributed by atoms with E-state index in [-0.39, 0.29) is 5.54 Å². The summed E-state index contributed by atoms with van der Waals surface area (Å²) < 4.78 is 2.33. The molecule has 4 heteroatoms. The van der Waals surface area contributed by atoms with Crippen molar-refractivity contribution in [2.45, 2.75) is 38.3 Å². The monoisotopic (exact) mass is 234 g/mol. The van der Waals surface area contributed by atoms with Crippen molar-refractivity contribution in [3.05, 3.63) is 17.7 Å². The van der Waals surface area contributed by atoms with Crippen molar-refractivity contribution in [3.63, 3.8) is 0 Å². The van der Waals surface area contributed by atoms with Gasteiger partial charge in [0.15, 0.2) is 0 Å². The van der Waals surface area contributed by atoms with Crippen LogP contribution in [0.2, 0.25) is 0 Å². The SMILES string of the molecule is CCn1cnc2c1C1(CCCN(C)C1)NCC2. The zero-order valence-electron chi connectivity index (χ0n) is 10.9. The van der Waals surface area contributed by atoms with Crippen molar-refractivity contribution in [1.29, 1.82) is 0 Å². The number of aryl methyl sites for hydroxylation is 1. The average Bonchev–Trinajstić information content (AvgIpc) is 2.74. The lowest BCUT2D eigenvalue weighted by atomic mass is 9.82. The normalized spacial score (nSPS) is 29.5. The molecule has 2 aliphatic rings. The van der Waals surface area contributed by atoms with E-state index in [1.807, 2.05) is 6.33 Å². The molecule has 2 aliphatic heterocycles. The number of rotatable bonds is 1. The number of hydrogen-bond acceptors (Lipinski definition) is 3. The van der Waals surface area contributed by atoms with E-state index in [9.17, 15) is 0 Å². The third kappa shape index (κ3) is 1.70. The molecule has 1 unspecified atom stereocenters. The van der Waals surface area contributed by atoms with Crippen LogP contribution in [-0.2, 0) is 18.5 Å². The molecule has 0 aliphatic carbocycles. The van der Waals surface area contributed by atoms with Crippen LogP contribution in [0.3, 0.4) is 0 Å². The van der Waals surface area contributed by atoms with Crippen LogP contribution in [-0.4, -0.2) is 41.1 Å². The van der Waals surface area contributed by atoms with E-state index >= 15 is 0 Å². The Hall–Kier alpha value is -0.870. The summed E-state index contributed by atoms with van der Waals surface area (Å²) in [6.45, 7) is 6.64. The summed E-state index contributed by atoms with van der Waals surface area (Å²) in [5, 5.41) is 3.78. The molecule has 3 rings (SSSR count). The van der Waals surface area contributed by atoms with Gasteiger partial charge in [0, 0.05) is 26.1 Å². The molecule has 1 spiro atoms. The van der Waals surface area contributed by atoms with Crippen LogP contribution in [0.25, 0.3) is 0 Å². The lowest BCUT2D eigenvalue weighted by molar-refractivity contribution is 0.130. The third-order valence-corrected chi connectivity index (χ3v) is 4.22. The van der Waals surface area contributed by atoms with Crippen molar-refractivity contribution in [2.75, 3.05) is 26.7 Å². The molecule has 0 bridgehead atoms. The van der Waals surface area contributed by atoms with Crippen molar-refractivity contribution in [1.82, 2.24) is 19.8 Å². The third-order valence-electron chi connectivity index (χ3n) is 4.22. The average molecular weight is 234 g/mol. The fourth-order valence-corrected chi connectivity index (χ4v) is 3.51. The maximum absolute atomic E-state index is 4.61. The molecule has 1 aromatic rings. The Labute approximate surface area is 103 Å². The number of piperidine rings is 1. The van der Waals surface area contributed by atoms with Gasteiger partial charge in [-0.05, 0) is 33.4 Å². The van der Waals surface area contributed by atoms with E-state index in [2.05, 4.69) is 33.7 Å². The quantitative estimate of drug-likeness (QED) is 0.786. The van der Waals surface area contributed by atoms with Gasteiger partial charge in [0.05, 0.1) is 23.3 Å². The van der Waals surface area contributed by atoms with Crippen LogP contribution in [0.15, 0.2) is 6.33 Å². The molecule has 4 nitrogen and oxygen atoms in total. The van der Waals surface area contributed by atoms with Crippen LogP contribution >= 0.6 is 0 Å². The molecule has 94 valence electrons. The van der Waals surface area contributed by atoms with Gasteiger partial charge in [-0.3, -0.25) is 0 Å². The molecule has 1 N–H and O–H groups in total. The van der Waals surface area contributed by atoms with E-state index in [4.69, 9.17) is 0 Å². The van der Waals surface area contributed by atoms with Gasteiger partial charge < -0.3 is 14.8 Å². The highest BCUT2D eigenvalue weighted by molar-refractivity contribution is 5.28. The second-order valence-corrected chi connectivity index (χ2v) is 5.43. The number of likely N-dealkylation sites (tertiary alicyclic amines) is 1. The summed E-state index contributed by atoms with van der Waals surface area (Å²) in [6.07, 6.45) is 5.62. The Morgan fingerprint density at radius 1 is 1.53 bits per heavy atom. The number of nitrogens with zero attached hydrogens (tertiary/aromatic N) is 3. The number of imidazole rings is 1. The summed E-state index contributed by atoms with van der Waals surface area (Å²) >= 11 is 0. The molecular formula is C13H22N4. The molecule has 1 fully saturated rings. The predicted molar refractivity (Wildman–Crippen MR) is 68.0 cm³/mol. The Balaban J connectivity index is 2.05. The standard InChI is InChI=1S/C13H22N4/c1-3-17-10-14-11-5-7-15-13(12(11)17)6-4-8-16(2)9-13/h10,15H,3-9H2,1-2H3. The fraction of sp³-hybridized carbons (Fsp3) is 0.769. The second kappa shape index (κ2) is 4.10. The van der Waals surface area contributed by atoms with Gasteiger partial charge >= 0.3 is 0 Å². The van der Waals surface area contributed by atoms with E-state index in [1.54, 1.807) is 0 Å². The maximum Gasteiger partial charge on any atom is 0.0952 e. The topological polar surface area (TPSA) is 33.1 Å². The molecule has 0 amide bonds.